The van der Waals surface area contributed by atoms with Gasteiger partial charge in [0.05, 0.1) is 6.54 Å². The van der Waals surface area contributed by atoms with Crippen molar-refractivity contribution in [2.75, 3.05) is 13.1 Å². The molecule has 0 saturated heterocycles. The standard InChI is InChI=1S/C13H14BrNO/c1-4-8-15(5-2)13(16)11-6-7-12(14)10(3)9-11/h1,6-7,9H,5,8H2,2-3H3. The lowest BCUT2D eigenvalue weighted by atomic mass is 10.1. The molecule has 0 heterocycles. The van der Waals surface area contributed by atoms with Gasteiger partial charge in [-0.15, -0.1) is 6.42 Å². The lowest BCUT2D eigenvalue weighted by Crippen LogP contribution is -2.31. The molecular formula is C13H14BrNO. The number of carbonyl (C=O) groups excluding carboxylic acids is 1. The minimum atomic E-state index is -0.0175. The number of hydrogen-bond acceptors (Lipinski definition) is 1. The van der Waals surface area contributed by atoms with Gasteiger partial charge in [0.25, 0.3) is 5.91 Å². The van der Waals surface area contributed by atoms with E-state index in [9.17, 15) is 4.79 Å². The van der Waals surface area contributed by atoms with E-state index in [4.69, 9.17) is 6.42 Å². The fraction of sp³-hybridized carbons (Fsp3) is 0.308. The predicted octanol–water partition coefficient (Wildman–Crippen LogP) is 2.85. The maximum absolute atomic E-state index is 12.0. The molecule has 0 radical (unpaired) electrons. The number of amides is 1. The van der Waals surface area contributed by atoms with E-state index < -0.39 is 0 Å². The Kier molecular flexibility index (Phi) is 4.57. The van der Waals surface area contributed by atoms with Gasteiger partial charge in [-0.1, -0.05) is 21.9 Å². The zero-order valence-corrected chi connectivity index (χ0v) is 11.0. The van der Waals surface area contributed by atoms with Crippen LogP contribution in [-0.2, 0) is 0 Å². The Bertz CT molecular complexity index is 434. The van der Waals surface area contributed by atoms with Gasteiger partial charge in [-0.3, -0.25) is 4.79 Å². The summed E-state index contributed by atoms with van der Waals surface area (Å²) in [5.41, 5.74) is 1.72. The van der Waals surface area contributed by atoms with E-state index in [1.54, 1.807) is 11.0 Å². The maximum Gasteiger partial charge on any atom is 0.254 e. The largest absolute Gasteiger partial charge is 0.328 e. The van der Waals surface area contributed by atoms with Crippen LogP contribution in [0.25, 0.3) is 0 Å². The Morgan fingerprint density at radius 2 is 2.25 bits per heavy atom. The highest BCUT2D eigenvalue weighted by atomic mass is 79.9. The summed E-state index contributed by atoms with van der Waals surface area (Å²) in [6.45, 7) is 4.85. The molecule has 1 aromatic carbocycles. The fourth-order valence-electron chi connectivity index (χ4n) is 1.40. The third-order valence-corrected chi connectivity index (χ3v) is 3.25. The number of aryl methyl sites for hydroxylation is 1. The zero-order chi connectivity index (χ0) is 12.1. The van der Waals surface area contributed by atoms with Crippen molar-refractivity contribution < 1.29 is 4.79 Å². The summed E-state index contributed by atoms with van der Waals surface area (Å²) in [5.74, 6) is 2.47. The second kappa shape index (κ2) is 5.72. The molecule has 1 rings (SSSR count). The third kappa shape index (κ3) is 2.86. The van der Waals surface area contributed by atoms with Gasteiger partial charge in [-0.2, -0.15) is 0 Å². The SMILES string of the molecule is C#CCN(CC)C(=O)c1ccc(Br)c(C)c1. The van der Waals surface area contributed by atoms with Gasteiger partial charge in [0.2, 0.25) is 0 Å². The molecule has 0 aliphatic rings. The van der Waals surface area contributed by atoms with Crippen LogP contribution in [0.15, 0.2) is 22.7 Å². The molecule has 16 heavy (non-hydrogen) atoms. The van der Waals surface area contributed by atoms with E-state index >= 15 is 0 Å². The normalized spacial score (nSPS) is 9.62. The Labute approximate surface area is 105 Å². The molecule has 0 saturated carbocycles. The van der Waals surface area contributed by atoms with Crippen molar-refractivity contribution >= 4 is 21.8 Å². The fourth-order valence-corrected chi connectivity index (χ4v) is 1.64. The lowest BCUT2D eigenvalue weighted by molar-refractivity contribution is 0.0785. The van der Waals surface area contributed by atoms with Gasteiger partial charge in [0, 0.05) is 16.6 Å². The van der Waals surface area contributed by atoms with Crippen LogP contribution in [0.3, 0.4) is 0 Å². The van der Waals surface area contributed by atoms with Crippen molar-refractivity contribution in [1.29, 1.82) is 0 Å². The van der Waals surface area contributed by atoms with Crippen molar-refractivity contribution in [2.24, 2.45) is 0 Å². The highest BCUT2D eigenvalue weighted by Crippen LogP contribution is 2.18. The van der Waals surface area contributed by atoms with Crippen LogP contribution in [0.5, 0.6) is 0 Å². The maximum atomic E-state index is 12.0. The number of carbonyl (C=O) groups is 1. The molecule has 0 N–H and O–H groups in total. The highest BCUT2D eigenvalue weighted by molar-refractivity contribution is 9.10. The summed E-state index contributed by atoms with van der Waals surface area (Å²) in [5, 5.41) is 0. The molecule has 0 spiro atoms. The van der Waals surface area contributed by atoms with Crippen LogP contribution in [0.1, 0.15) is 22.8 Å². The van der Waals surface area contributed by atoms with E-state index in [0.29, 0.717) is 18.7 Å². The number of nitrogens with zero attached hydrogens (tertiary/aromatic N) is 1. The zero-order valence-electron chi connectivity index (χ0n) is 9.46. The quantitative estimate of drug-likeness (QED) is 0.780. The molecule has 0 aliphatic heterocycles. The van der Waals surface area contributed by atoms with Crippen molar-refractivity contribution in [3.05, 3.63) is 33.8 Å². The summed E-state index contributed by atoms with van der Waals surface area (Å²) in [6, 6.07) is 5.55. The first-order valence-corrected chi connectivity index (χ1v) is 5.88. The van der Waals surface area contributed by atoms with Gasteiger partial charge in [-0.05, 0) is 37.6 Å². The van der Waals surface area contributed by atoms with E-state index in [2.05, 4.69) is 21.9 Å². The van der Waals surface area contributed by atoms with Crippen LogP contribution in [0.2, 0.25) is 0 Å². The Morgan fingerprint density at radius 1 is 1.56 bits per heavy atom. The first-order valence-electron chi connectivity index (χ1n) is 5.09. The minimum Gasteiger partial charge on any atom is -0.328 e. The monoisotopic (exact) mass is 279 g/mol. The van der Waals surface area contributed by atoms with Crippen molar-refractivity contribution in [1.82, 2.24) is 4.90 Å². The second-order valence-corrected chi connectivity index (χ2v) is 4.34. The second-order valence-electron chi connectivity index (χ2n) is 3.49. The minimum absolute atomic E-state index is 0.0175. The van der Waals surface area contributed by atoms with Gasteiger partial charge in [0.1, 0.15) is 0 Å². The number of terminal acetylenes is 1. The highest BCUT2D eigenvalue weighted by Gasteiger charge is 2.13. The summed E-state index contributed by atoms with van der Waals surface area (Å²) in [6.07, 6.45) is 5.22. The molecule has 0 fully saturated rings. The van der Waals surface area contributed by atoms with Crippen molar-refractivity contribution in [2.45, 2.75) is 13.8 Å². The molecule has 0 bridgehead atoms. The van der Waals surface area contributed by atoms with E-state index in [0.717, 1.165) is 10.0 Å². The summed E-state index contributed by atoms with van der Waals surface area (Å²) < 4.78 is 1.00. The van der Waals surface area contributed by atoms with Crippen LogP contribution in [0.4, 0.5) is 0 Å². The number of hydrogen-bond donors (Lipinski definition) is 0. The average molecular weight is 280 g/mol. The summed E-state index contributed by atoms with van der Waals surface area (Å²) >= 11 is 3.41. The smallest absolute Gasteiger partial charge is 0.254 e. The van der Waals surface area contributed by atoms with Crippen molar-refractivity contribution in [3.8, 4) is 12.3 Å². The Morgan fingerprint density at radius 3 is 2.75 bits per heavy atom. The lowest BCUT2D eigenvalue weighted by Gasteiger charge is -2.18. The van der Waals surface area contributed by atoms with Gasteiger partial charge < -0.3 is 4.90 Å². The topological polar surface area (TPSA) is 20.3 Å². The molecule has 84 valence electrons. The summed E-state index contributed by atoms with van der Waals surface area (Å²) in [4.78, 5) is 13.7. The Balaban J connectivity index is 2.95. The van der Waals surface area contributed by atoms with E-state index in [1.807, 2.05) is 26.0 Å². The first kappa shape index (κ1) is 12.8. The summed E-state index contributed by atoms with van der Waals surface area (Å²) in [7, 11) is 0. The predicted molar refractivity (Wildman–Crippen MR) is 69.3 cm³/mol. The molecule has 1 aromatic rings. The molecule has 0 atom stereocenters. The van der Waals surface area contributed by atoms with Crippen molar-refractivity contribution in [3.63, 3.8) is 0 Å². The third-order valence-electron chi connectivity index (χ3n) is 2.36. The van der Waals surface area contributed by atoms with Crippen LogP contribution in [-0.4, -0.2) is 23.9 Å². The van der Waals surface area contributed by atoms with Crippen LogP contribution < -0.4 is 0 Å². The molecule has 0 unspecified atom stereocenters. The van der Waals surface area contributed by atoms with Crippen LogP contribution in [0, 0.1) is 19.3 Å². The van der Waals surface area contributed by atoms with E-state index in [-0.39, 0.29) is 5.91 Å². The molecule has 0 aliphatic carbocycles. The molecule has 3 heteroatoms. The Hall–Kier alpha value is -1.27. The molecule has 0 aromatic heterocycles. The molecular weight excluding hydrogens is 266 g/mol. The van der Waals surface area contributed by atoms with Gasteiger partial charge in [0.15, 0.2) is 0 Å². The average Bonchev–Trinajstić information content (AvgIpc) is 2.28. The number of rotatable bonds is 3. The van der Waals surface area contributed by atoms with Gasteiger partial charge >= 0.3 is 0 Å². The molecule has 1 amide bonds. The first-order chi connectivity index (χ1) is 7.60. The number of benzene rings is 1. The molecule has 2 nitrogen and oxygen atoms in total. The number of halogens is 1. The van der Waals surface area contributed by atoms with Gasteiger partial charge in [-0.25, -0.2) is 0 Å². The van der Waals surface area contributed by atoms with Crippen LogP contribution >= 0.6 is 15.9 Å². The van der Waals surface area contributed by atoms with E-state index in [1.165, 1.54) is 0 Å².